The van der Waals surface area contributed by atoms with E-state index in [0.717, 1.165) is 7.05 Å². The number of halogens is 3. The molecule has 4 nitrogen and oxygen atoms in total. The van der Waals surface area contributed by atoms with E-state index in [1.165, 1.54) is 0 Å². The van der Waals surface area contributed by atoms with E-state index >= 15 is 0 Å². The van der Waals surface area contributed by atoms with E-state index in [1.54, 1.807) is 0 Å². The van der Waals surface area contributed by atoms with Crippen LogP contribution >= 0.6 is 0 Å². The van der Waals surface area contributed by atoms with Crippen LogP contribution in [-0.4, -0.2) is 31.1 Å². The zero-order valence-corrected chi connectivity index (χ0v) is 8.88. The van der Waals surface area contributed by atoms with E-state index in [4.69, 9.17) is 0 Å². The van der Waals surface area contributed by atoms with Gasteiger partial charge in [0.2, 0.25) is 5.82 Å². The van der Waals surface area contributed by atoms with Gasteiger partial charge in [-0.25, -0.2) is 0 Å². The van der Waals surface area contributed by atoms with Crippen LogP contribution in [0.2, 0.25) is 0 Å². The summed E-state index contributed by atoms with van der Waals surface area (Å²) < 4.78 is 36.9. The average molecular weight is 207 g/mol. The van der Waals surface area contributed by atoms with Gasteiger partial charge in [0.1, 0.15) is 0 Å². The van der Waals surface area contributed by atoms with Crippen molar-refractivity contribution in [3.63, 3.8) is 0 Å². The van der Waals surface area contributed by atoms with Crippen molar-refractivity contribution in [2.24, 2.45) is 7.05 Å². The fraction of sp³-hybridized carbons (Fsp3) is 0.400. The molecule has 0 unspecified atom stereocenters. The zero-order chi connectivity index (χ0) is 10.2. The normalized spacial score (nSPS) is 11.7. The largest absolute Gasteiger partial charge is 0.451 e. The van der Waals surface area contributed by atoms with E-state index in [-0.39, 0.29) is 20.8 Å². The zero-order valence-electron chi connectivity index (χ0n) is 6.88. The van der Waals surface area contributed by atoms with Gasteiger partial charge in [0.15, 0.2) is 0 Å². The molecule has 1 aromatic rings. The maximum atomic E-state index is 12.1. The minimum atomic E-state index is -4.63. The van der Waals surface area contributed by atoms with Crippen LogP contribution in [0.15, 0.2) is 4.79 Å². The average Bonchev–Trinajstić information content (AvgIpc) is 1.98. The van der Waals surface area contributed by atoms with Gasteiger partial charge in [0.05, 0.1) is 0 Å². The lowest BCUT2D eigenvalue weighted by atomic mass is 10.5. The van der Waals surface area contributed by atoms with Gasteiger partial charge in [-0.2, -0.15) is 18.3 Å². The lowest BCUT2D eigenvalue weighted by molar-refractivity contribution is -0.148. The number of aromatic nitrogens is 3. The Bertz CT molecular complexity index is 386. The topological polar surface area (TPSA) is 47.8 Å². The third kappa shape index (κ3) is 1.90. The molecule has 0 amide bonds. The molecule has 1 aromatic heterocycles. The molecule has 13 heavy (non-hydrogen) atoms. The minimum Gasteiger partial charge on any atom is -0.290 e. The summed E-state index contributed by atoms with van der Waals surface area (Å²) >= 11 is 0.285. The van der Waals surface area contributed by atoms with Gasteiger partial charge in [-0.3, -0.25) is 9.36 Å². The van der Waals surface area contributed by atoms with E-state index in [1.807, 2.05) is 0 Å². The first-order chi connectivity index (χ1) is 5.84. The number of hydrogen-bond acceptors (Lipinski definition) is 3. The second kappa shape index (κ2) is 3.12. The second-order valence-corrected chi connectivity index (χ2v) is 3.42. The molecular formula is C5H5AlF3N3O. The molecule has 0 atom stereocenters. The second-order valence-electron chi connectivity index (χ2n) is 2.47. The Morgan fingerprint density at radius 3 is 2.38 bits per heavy atom. The van der Waals surface area contributed by atoms with E-state index < -0.39 is 17.6 Å². The first kappa shape index (κ1) is 10.2. The van der Waals surface area contributed by atoms with Crippen molar-refractivity contribution < 1.29 is 13.2 Å². The van der Waals surface area contributed by atoms with Crippen molar-refractivity contribution in [1.82, 2.24) is 14.8 Å². The van der Waals surface area contributed by atoms with Gasteiger partial charge in [0, 0.05) is 11.6 Å². The predicted octanol–water partition coefficient (Wildman–Crippen LogP) is -1.55. The summed E-state index contributed by atoms with van der Waals surface area (Å²) in [6.07, 6.45) is -4.63. The number of alkyl halides is 3. The molecule has 0 aromatic carbocycles. The first-order valence-corrected chi connectivity index (χ1v) is 4.31. The Kier molecular flexibility index (Phi) is 2.45. The lowest BCUT2D eigenvalue weighted by Gasteiger charge is -2.09. The van der Waals surface area contributed by atoms with Crippen molar-refractivity contribution in [2.45, 2.75) is 6.18 Å². The summed E-state index contributed by atoms with van der Waals surface area (Å²) in [5, 5.41) is 6.10. The molecule has 0 aliphatic carbocycles. The van der Waals surface area contributed by atoms with Gasteiger partial charge >= 0.3 is 22.5 Å². The maximum Gasteiger partial charge on any atom is 0.451 e. The molecule has 0 fully saturated rings. The molecule has 0 saturated carbocycles. The highest BCUT2D eigenvalue weighted by Gasteiger charge is 2.36. The molecule has 0 spiro atoms. The number of rotatable bonds is 0. The molecule has 1 rings (SSSR count). The van der Waals surface area contributed by atoms with Crippen LogP contribution < -0.4 is 10.1 Å². The number of hydrogen-bond donors (Lipinski definition) is 0. The third-order valence-electron chi connectivity index (χ3n) is 1.48. The molecule has 0 aliphatic heterocycles. The monoisotopic (exact) mass is 207 g/mol. The molecule has 0 bridgehead atoms. The van der Waals surface area contributed by atoms with Gasteiger partial charge in [-0.15, -0.1) is 5.10 Å². The van der Waals surface area contributed by atoms with Crippen LogP contribution in [0.3, 0.4) is 0 Å². The molecule has 0 aliphatic rings. The summed E-state index contributed by atoms with van der Waals surface area (Å²) in [6, 6.07) is 0. The van der Waals surface area contributed by atoms with Crippen molar-refractivity contribution in [2.75, 3.05) is 0 Å². The summed E-state index contributed by atoms with van der Waals surface area (Å²) in [7, 11) is 1.03. The Balaban J connectivity index is 3.44. The fourth-order valence-corrected chi connectivity index (χ4v) is 1.25. The molecule has 1 heterocycles. The van der Waals surface area contributed by atoms with Crippen LogP contribution in [-0.2, 0) is 13.2 Å². The van der Waals surface area contributed by atoms with Crippen LogP contribution in [0.1, 0.15) is 5.82 Å². The van der Waals surface area contributed by atoms with Crippen molar-refractivity contribution >= 4 is 20.8 Å². The predicted molar refractivity (Wildman–Crippen MR) is 40.5 cm³/mol. The molecule has 0 N–H and O–H groups in total. The van der Waals surface area contributed by atoms with E-state index in [9.17, 15) is 18.0 Å². The van der Waals surface area contributed by atoms with E-state index in [0.29, 0.717) is 4.57 Å². The van der Waals surface area contributed by atoms with Gasteiger partial charge < -0.3 is 0 Å². The van der Waals surface area contributed by atoms with Crippen LogP contribution in [0.4, 0.5) is 13.2 Å². The third-order valence-corrected chi connectivity index (χ3v) is 2.11. The summed E-state index contributed by atoms with van der Waals surface area (Å²) in [5.74, 6) is -1.27. The molecule has 0 radical (unpaired) electrons. The minimum absolute atomic E-state index is 0.0792. The highest BCUT2D eigenvalue weighted by molar-refractivity contribution is 6.30. The Hall–Kier alpha value is -0.868. The SMILES string of the molecule is Cn1c(C(F)(F)F)nn[c]([AlH2])c1=O. The Labute approximate surface area is 78.8 Å². The number of nitrogens with zero attached hydrogens (tertiary/aromatic N) is 3. The van der Waals surface area contributed by atoms with Crippen molar-refractivity contribution in [3.8, 4) is 0 Å². The standard InChI is InChI=1S/C5H3F3N3O.Al.2H/c1-11-3(12)2-9-10-4(11)5(6,7)8;;;/h1H3;;;. The molecule has 0 saturated heterocycles. The summed E-state index contributed by atoms with van der Waals surface area (Å²) in [6.45, 7) is 0. The highest BCUT2D eigenvalue weighted by atomic mass is 27.0. The lowest BCUT2D eigenvalue weighted by Crippen LogP contribution is -2.40. The van der Waals surface area contributed by atoms with E-state index in [2.05, 4.69) is 10.2 Å². The van der Waals surface area contributed by atoms with Gasteiger partial charge in [-0.05, 0) is 0 Å². The molecule has 70 valence electrons. The fourth-order valence-electron chi connectivity index (χ4n) is 0.818. The Morgan fingerprint density at radius 1 is 1.38 bits per heavy atom. The highest BCUT2D eigenvalue weighted by Crippen LogP contribution is 2.25. The van der Waals surface area contributed by atoms with Gasteiger partial charge in [0.25, 0.3) is 5.56 Å². The van der Waals surface area contributed by atoms with Crippen LogP contribution in [0.5, 0.6) is 0 Å². The Morgan fingerprint density at radius 2 is 1.92 bits per heavy atom. The maximum absolute atomic E-state index is 12.1. The van der Waals surface area contributed by atoms with Crippen LogP contribution in [0.25, 0.3) is 0 Å². The quantitative estimate of drug-likeness (QED) is 0.484. The van der Waals surface area contributed by atoms with Crippen molar-refractivity contribution in [3.05, 3.63) is 16.2 Å². The van der Waals surface area contributed by atoms with Crippen molar-refractivity contribution in [1.29, 1.82) is 0 Å². The van der Waals surface area contributed by atoms with Gasteiger partial charge in [-0.1, -0.05) is 0 Å². The summed E-state index contributed by atoms with van der Waals surface area (Å²) in [5.41, 5.74) is -0.728. The molecule has 8 heteroatoms. The summed E-state index contributed by atoms with van der Waals surface area (Å²) in [4.78, 5) is 11.0. The van der Waals surface area contributed by atoms with Crippen LogP contribution in [0, 0.1) is 0 Å². The molecular weight excluding hydrogens is 202 g/mol. The smallest absolute Gasteiger partial charge is 0.290 e. The first-order valence-electron chi connectivity index (χ1n) is 3.31.